The van der Waals surface area contributed by atoms with Crippen LogP contribution in [-0.2, 0) is 6.42 Å². The van der Waals surface area contributed by atoms with E-state index in [1.54, 1.807) is 12.1 Å². The van der Waals surface area contributed by atoms with Crippen molar-refractivity contribution in [3.8, 4) is 5.75 Å². The lowest BCUT2D eigenvalue weighted by Crippen LogP contribution is -2.26. The number of hydrogen-bond donors (Lipinski definition) is 2. The molecule has 2 rings (SSSR count). The van der Waals surface area contributed by atoms with Gasteiger partial charge < -0.3 is 10.4 Å². The van der Waals surface area contributed by atoms with Crippen LogP contribution in [0.3, 0.4) is 0 Å². The van der Waals surface area contributed by atoms with Crippen LogP contribution in [0, 0.1) is 5.41 Å². The van der Waals surface area contributed by atoms with Gasteiger partial charge in [0.05, 0.1) is 0 Å². The van der Waals surface area contributed by atoms with Crippen molar-refractivity contribution in [3.05, 3.63) is 29.8 Å². The summed E-state index contributed by atoms with van der Waals surface area (Å²) < 4.78 is 0. The van der Waals surface area contributed by atoms with E-state index < -0.39 is 0 Å². The number of benzene rings is 1. The first kappa shape index (κ1) is 11.5. The molecule has 2 nitrogen and oxygen atoms in total. The minimum Gasteiger partial charge on any atom is -0.508 e. The molecule has 0 amide bonds. The molecule has 0 heterocycles. The molecule has 16 heavy (non-hydrogen) atoms. The fourth-order valence-corrected chi connectivity index (χ4v) is 2.17. The molecule has 1 aromatic carbocycles. The Balaban J connectivity index is 1.86. The molecule has 88 valence electrons. The fourth-order valence-electron chi connectivity index (χ4n) is 2.17. The zero-order valence-electron chi connectivity index (χ0n) is 10.00. The maximum atomic E-state index is 9.23. The van der Waals surface area contributed by atoms with Crippen LogP contribution < -0.4 is 5.32 Å². The molecule has 0 bridgehead atoms. The molecule has 0 spiro atoms. The lowest BCUT2D eigenvalue weighted by Gasteiger charge is -2.15. The van der Waals surface area contributed by atoms with Crippen molar-refractivity contribution in [3.63, 3.8) is 0 Å². The molecule has 1 aromatic rings. The molecular weight excluding hydrogens is 198 g/mol. The van der Waals surface area contributed by atoms with Crippen LogP contribution in [0.4, 0.5) is 0 Å². The summed E-state index contributed by atoms with van der Waals surface area (Å²) in [5, 5.41) is 12.8. The molecule has 1 aliphatic rings. The summed E-state index contributed by atoms with van der Waals surface area (Å²) >= 11 is 0. The number of hydrogen-bond acceptors (Lipinski definition) is 2. The lowest BCUT2D eigenvalue weighted by atomic mass is 9.96. The molecule has 0 saturated heterocycles. The number of rotatable bonds is 6. The highest BCUT2D eigenvalue weighted by Crippen LogP contribution is 2.47. The topological polar surface area (TPSA) is 32.3 Å². The number of aromatic hydroxyl groups is 1. The summed E-state index contributed by atoms with van der Waals surface area (Å²) in [6.45, 7) is 4.46. The highest BCUT2D eigenvalue weighted by atomic mass is 16.3. The van der Waals surface area contributed by atoms with E-state index in [9.17, 15) is 5.11 Å². The lowest BCUT2D eigenvalue weighted by molar-refractivity contribution is 0.453. The zero-order chi connectivity index (χ0) is 11.4. The van der Waals surface area contributed by atoms with E-state index in [-0.39, 0.29) is 0 Å². The highest BCUT2D eigenvalue weighted by molar-refractivity contribution is 5.27. The van der Waals surface area contributed by atoms with Crippen molar-refractivity contribution in [2.45, 2.75) is 32.6 Å². The van der Waals surface area contributed by atoms with E-state index in [1.165, 1.54) is 24.8 Å². The highest BCUT2D eigenvalue weighted by Gasteiger charge is 2.41. The Labute approximate surface area is 97.7 Å². The van der Waals surface area contributed by atoms with Gasteiger partial charge in [0.2, 0.25) is 0 Å². The molecule has 1 saturated carbocycles. The summed E-state index contributed by atoms with van der Waals surface area (Å²) in [6, 6.07) is 7.64. The molecule has 1 aliphatic carbocycles. The van der Waals surface area contributed by atoms with Crippen molar-refractivity contribution in [1.82, 2.24) is 5.32 Å². The first-order valence-electron chi connectivity index (χ1n) is 6.23. The molecule has 0 aliphatic heterocycles. The summed E-state index contributed by atoms with van der Waals surface area (Å²) in [6.07, 6.45) is 5.02. The molecule has 2 N–H and O–H groups in total. The van der Waals surface area contributed by atoms with Crippen LogP contribution in [0.2, 0.25) is 0 Å². The van der Waals surface area contributed by atoms with Gasteiger partial charge >= 0.3 is 0 Å². The molecule has 0 unspecified atom stereocenters. The monoisotopic (exact) mass is 219 g/mol. The third kappa shape index (κ3) is 2.99. The third-order valence-corrected chi connectivity index (χ3v) is 3.40. The Morgan fingerprint density at radius 3 is 2.50 bits per heavy atom. The second-order valence-electron chi connectivity index (χ2n) is 5.02. The van der Waals surface area contributed by atoms with Crippen LogP contribution >= 0.6 is 0 Å². The maximum absolute atomic E-state index is 9.23. The van der Waals surface area contributed by atoms with Crippen LogP contribution in [0.1, 0.15) is 31.7 Å². The Morgan fingerprint density at radius 2 is 1.94 bits per heavy atom. The van der Waals surface area contributed by atoms with Gasteiger partial charge in [-0.3, -0.25) is 0 Å². The minimum absolute atomic E-state index is 0.359. The van der Waals surface area contributed by atoms with E-state index in [4.69, 9.17) is 0 Å². The van der Waals surface area contributed by atoms with Gasteiger partial charge in [-0.2, -0.15) is 0 Å². The third-order valence-electron chi connectivity index (χ3n) is 3.40. The maximum Gasteiger partial charge on any atom is 0.115 e. The van der Waals surface area contributed by atoms with Gasteiger partial charge in [0.25, 0.3) is 0 Å². The smallest absolute Gasteiger partial charge is 0.115 e. The molecule has 0 atom stereocenters. The van der Waals surface area contributed by atoms with E-state index in [0.717, 1.165) is 19.5 Å². The average molecular weight is 219 g/mol. The molecule has 0 radical (unpaired) electrons. The van der Waals surface area contributed by atoms with E-state index in [2.05, 4.69) is 12.2 Å². The predicted octanol–water partition coefficient (Wildman–Crippen LogP) is 2.71. The van der Waals surface area contributed by atoms with Crippen molar-refractivity contribution < 1.29 is 5.11 Å². The summed E-state index contributed by atoms with van der Waals surface area (Å²) in [7, 11) is 0. The quantitative estimate of drug-likeness (QED) is 0.721. The number of phenols is 1. The van der Waals surface area contributed by atoms with Gasteiger partial charge in [0, 0.05) is 6.54 Å². The van der Waals surface area contributed by atoms with Gasteiger partial charge in [-0.05, 0) is 55.3 Å². The van der Waals surface area contributed by atoms with Crippen molar-refractivity contribution in [2.24, 2.45) is 5.41 Å². The van der Waals surface area contributed by atoms with Gasteiger partial charge in [-0.15, -0.1) is 0 Å². The van der Waals surface area contributed by atoms with E-state index in [1.807, 2.05) is 12.1 Å². The standard InChI is InChI=1S/C14H21NO/c1-2-9-15-11-14(7-8-14)10-12-3-5-13(16)6-4-12/h3-6,15-16H,2,7-11H2,1H3. The van der Waals surface area contributed by atoms with Crippen LogP contribution in [0.5, 0.6) is 5.75 Å². The Kier molecular flexibility index (Phi) is 3.49. The molecule has 1 fully saturated rings. The first-order chi connectivity index (χ1) is 7.74. The second kappa shape index (κ2) is 4.88. The summed E-state index contributed by atoms with van der Waals surface area (Å²) in [5.41, 5.74) is 1.85. The predicted molar refractivity (Wildman–Crippen MR) is 66.6 cm³/mol. The minimum atomic E-state index is 0.359. The van der Waals surface area contributed by atoms with Gasteiger partial charge in [0.15, 0.2) is 0 Å². The van der Waals surface area contributed by atoms with Crippen LogP contribution in [0.25, 0.3) is 0 Å². The van der Waals surface area contributed by atoms with Gasteiger partial charge in [-0.1, -0.05) is 19.1 Å². The Hall–Kier alpha value is -1.02. The van der Waals surface area contributed by atoms with Crippen molar-refractivity contribution in [2.75, 3.05) is 13.1 Å². The largest absolute Gasteiger partial charge is 0.508 e. The van der Waals surface area contributed by atoms with E-state index in [0.29, 0.717) is 11.2 Å². The normalized spacial score (nSPS) is 17.3. The first-order valence-corrected chi connectivity index (χ1v) is 6.23. The average Bonchev–Trinajstić information content (AvgIpc) is 3.03. The summed E-state index contributed by atoms with van der Waals surface area (Å²) in [5.74, 6) is 0.359. The van der Waals surface area contributed by atoms with Gasteiger partial charge in [-0.25, -0.2) is 0 Å². The molecule has 0 aromatic heterocycles. The van der Waals surface area contributed by atoms with Crippen LogP contribution in [-0.4, -0.2) is 18.2 Å². The number of nitrogens with one attached hydrogen (secondary N) is 1. The van der Waals surface area contributed by atoms with Crippen molar-refractivity contribution >= 4 is 0 Å². The zero-order valence-corrected chi connectivity index (χ0v) is 10.00. The Bertz CT molecular complexity index is 327. The SMILES string of the molecule is CCCNCC1(Cc2ccc(O)cc2)CC1. The van der Waals surface area contributed by atoms with Crippen LogP contribution in [0.15, 0.2) is 24.3 Å². The molecular formula is C14H21NO. The second-order valence-corrected chi connectivity index (χ2v) is 5.02. The van der Waals surface area contributed by atoms with E-state index >= 15 is 0 Å². The molecule has 2 heteroatoms. The summed E-state index contributed by atoms with van der Waals surface area (Å²) in [4.78, 5) is 0. The Morgan fingerprint density at radius 1 is 1.25 bits per heavy atom. The number of phenolic OH excluding ortho intramolecular Hbond substituents is 1. The fraction of sp³-hybridized carbons (Fsp3) is 0.571. The van der Waals surface area contributed by atoms with Gasteiger partial charge in [0.1, 0.15) is 5.75 Å². The van der Waals surface area contributed by atoms with Crippen molar-refractivity contribution in [1.29, 1.82) is 0 Å².